The largest absolute Gasteiger partial charge is 0.385 e. The number of anilines is 1. The van der Waals surface area contributed by atoms with Crippen molar-refractivity contribution >= 4 is 11.4 Å². The molecule has 0 heterocycles. The van der Waals surface area contributed by atoms with Crippen LogP contribution in [0.1, 0.15) is 6.92 Å². The van der Waals surface area contributed by atoms with Crippen LogP contribution in [0.5, 0.6) is 0 Å². The number of hydrogen-bond donors (Lipinski definition) is 1. The second-order valence-corrected chi connectivity index (χ2v) is 2.30. The van der Waals surface area contributed by atoms with E-state index in [1.807, 2.05) is 24.3 Å². The van der Waals surface area contributed by atoms with Gasteiger partial charge in [0.1, 0.15) is 0 Å². The molecule has 0 aromatic heterocycles. The molecule has 1 aromatic rings. The first-order valence-corrected chi connectivity index (χ1v) is 3.80. The molecule has 0 spiro atoms. The summed E-state index contributed by atoms with van der Waals surface area (Å²) in [4.78, 5) is 0. The van der Waals surface area contributed by atoms with Gasteiger partial charge in [0.05, 0.1) is 5.69 Å². The van der Waals surface area contributed by atoms with Crippen LogP contribution in [0.2, 0.25) is 0 Å². The third kappa shape index (κ3) is 2.15. The third-order valence-corrected chi connectivity index (χ3v) is 1.51. The van der Waals surface area contributed by atoms with Crippen LogP contribution >= 0.6 is 0 Å². The maximum absolute atomic E-state index is 4.04. The number of hydrogen-bond acceptors (Lipinski definition) is 1. The standard InChI is InChI=1S/C9H13N2/c1-3-11-9-6-4-8(10-2)5-7-9/h4-7,11H,3H2,1-2H3. The maximum Gasteiger partial charge on any atom is 0.0572 e. The Labute approximate surface area is 67.6 Å². The highest BCUT2D eigenvalue weighted by Gasteiger charge is 1.89. The van der Waals surface area contributed by atoms with Gasteiger partial charge in [-0.05, 0) is 31.2 Å². The van der Waals surface area contributed by atoms with Crippen LogP contribution in [-0.4, -0.2) is 13.6 Å². The molecule has 0 unspecified atom stereocenters. The van der Waals surface area contributed by atoms with Crippen LogP contribution in [0.25, 0.3) is 0 Å². The van der Waals surface area contributed by atoms with Gasteiger partial charge in [-0.25, -0.2) is 0 Å². The van der Waals surface area contributed by atoms with Crippen molar-refractivity contribution < 1.29 is 0 Å². The Morgan fingerprint density at radius 3 is 2.36 bits per heavy atom. The van der Waals surface area contributed by atoms with Crippen LogP contribution in [0.3, 0.4) is 0 Å². The minimum Gasteiger partial charge on any atom is -0.385 e. The average molecular weight is 149 g/mol. The van der Waals surface area contributed by atoms with Crippen molar-refractivity contribution in [2.75, 3.05) is 18.9 Å². The number of benzene rings is 1. The highest BCUT2D eigenvalue weighted by atomic mass is 14.9. The fourth-order valence-corrected chi connectivity index (χ4v) is 0.932. The molecule has 0 saturated carbocycles. The first kappa shape index (κ1) is 7.92. The number of rotatable bonds is 3. The summed E-state index contributed by atoms with van der Waals surface area (Å²) in [5, 5.41) is 7.26. The molecule has 1 aromatic carbocycles. The van der Waals surface area contributed by atoms with E-state index in [0.29, 0.717) is 0 Å². The van der Waals surface area contributed by atoms with Crippen LogP contribution < -0.4 is 10.6 Å². The summed E-state index contributed by atoms with van der Waals surface area (Å²) in [7, 11) is 1.79. The second kappa shape index (κ2) is 3.86. The van der Waals surface area contributed by atoms with Gasteiger partial charge in [-0.1, -0.05) is 0 Å². The van der Waals surface area contributed by atoms with Gasteiger partial charge in [-0.3, -0.25) is 5.32 Å². The topological polar surface area (TPSA) is 26.1 Å². The molecule has 1 radical (unpaired) electrons. The minimum atomic E-state index is 0.961. The van der Waals surface area contributed by atoms with Crippen molar-refractivity contribution in [3.8, 4) is 0 Å². The Morgan fingerprint density at radius 2 is 1.91 bits per heavy atom. The molecule has 0 aliphatic carbocycles. The lowest BCUT2D eigenvalue weighted by Gasteiger charge is -2.02. The van der Waals surface area contributed by atoms with Crippen molar-refractivity contribution in [1.82, 2.24) is 5.32 Å². The van der Waals surface area contributed by atoms with Gasteiger partial charge in [0.2, 0.25) is 0 Å². The third-order valence-electron chi connectivity index (χ3n) is 1.51. The van der Waals surface area contributed by atoms with E-state index in [9.17, 15) is 0 Å². The van der Waals surface area contributed by atoms with Gasteiger partial charge < -0.3 is 5.32 Å². The molecule has 0 amide bonds. The Kier molecular flexibility index (Phi) is 2.78. The van der Waals surface area contributed by atoms with Gasteiger partial charge in [0, 0.05) is 19.3 Å². The molecule has 11 heavy (non-hydrogen) atoms. The molecule has 0 aliphatic rings. The Balaban J connectivity index is 2.66. The fraction of sp³-hybridized carbons (Fsp3) is 0.333. The maximum atomic E-state index is 4.04. The summed E-state index contributed by atoms with van der Waals surface area (Å²) in [6.07, 6.45) is 0. The molecular formula is C9H13N2. The van der Waals surface area contributed by atoms with E-state index in [1.54, 1.807) is 7.05 Å². The zero-order valence-corrected chi connectivity index (χ0v) is 6.96. The van der Waals surface area contributed by atoms with Gasteiger partial charge >= 0.3 is 0 Å². The quantitative estimate of drug-likeness (QED) is 0.698. The average Bonchev–Trinajstić information content (AvgIpc) is 2.07. The van der Waals surface area contributed by atoms with Crippen molar-refractivity contribution in [3.05, 3.63) is 24.3 Å². The Morgan fingerprint density at radius 1 is 1.27 bits per heavy atom. The second-order valence-electron chi connectivity index (χ2n) is 2.30. The van der Waals surface area contributed by atoms with Crippen molar-refractivity contribution in [2.45, 2.75) is 6.92 Å². The van der Waals surface area contributed by atoms with Crippen LogP contribution in [0, 0.1) is 0 Å². The zero-order valence-electron chi connectivity index (χ0n) is 6.96. The normalized spacial score (nSPS) is 9.27. The molecule has 2 nitrogen and oxygen atoms in total. The smallest absolute Gasteiger partial charge is 0.0572 e. The lowest BCUT2D eigenvalue weighted by atomic mass is 10.3. The Bertz CT molecular complexity index is 203. The van der Waals surface area contributed by atoms with E-state index in [4.69, 9.17) is 0 Å². The predicted molar refractivity (Wildman–Crippen MR) is 48.3 cm³/mol. The summed E-state index contributed by atoms with van der Waals surface area (Å²) in [6.45, 7) is 3.04. The van der Waals surface area contributed by atoms with E-state index in [-0.39, 0.29) is 0 Å². The summed E-state index contributed by atoms with van der Waals surface area (Å²) in [5.41, 5.74) is 2.17. The molecule has 2 heteroatoms. The molecule has 0 aliphatic heterocycles. The van der Waals surface area contributed by atoms with Gasteiger partial charge in [0.15, 0.2) is 0 Å². The van der Waals surface area contributed by atoms with Gasteiger partial charge in [-0.15, -0.1) is 0 Å². The molecule has 0 saturated heterocycles. The zero-order chi connectivity index (χ0) is 8.10. The summed E-state index contributed by atoms with van der Waals surface area (Å²) >= 11 is 0. The van der Waals surface area contributed by atoms with Gasteiger partial charge in [-0.2, -0.15) is 0 Å². The van der Waals surface area contributed by atoms with Gasteiger partial charge in [0.25, 0.3) is 0 Å². The monoisotopic (exact) mass is 149 g/mol. The number of nitrogens with zero attached hydrogens (tertiary/aromatic N) is 1. The predicted octanol–water partition coefficient (Wildman–Crippen LogP) is 1.98. The molecular weight excluding hydrogens is 136 g/mol. The SMILES string of the molecule is CCNc1ccc([N]C)cc1. The first-order chi connectivity index (χ1) is 5.36. The number of nitrogens with one attached hydrogen (secondary N) is 1. The first-order valence-electron chi connectivity index (χ1n) is 3.80. The lowest BCUT2D eigenvalue weighted by Crippen LogP contribution is -1.95. The highest BCUT2D eigenvalue weighted by molar-refractivity contribution is 5.50. The summed E-state index contributed by atoms with van der Waals surface area (Å²) in [5.74, 6) is 0. The van der Waals surface area contributed by atoms with E-state index in [0.717, 1.165) is 17.9 Å². The van der Waals surface area contributed by atoms with E-state index in [1.165, 1.54) is 0 Å². The molecule has 59 valence electrons. The van der Waals surface area contributed by atoms with Crippen molar-refractivity contribution in [3.63, 3.8) is 0 Å². The lowest BCUT2D eigenvalue weighted by molar-refractivity contribution is 1.09. The summed E-state index contributed by atoms with van der Waals surface area (Å²) < 4.78 is 0. The molecule has 1 rings (SSSR count). The summed E-state index contributed by atoms with van der Waals surface area (Å²) in [6, 6.07) is 8.06. The minimum absolute atomic E-state index is 0.961. The van der Waals surface area contributed by atoms with E-state index < -0.39 is 0 Å². The van der Waals surface area contributed by atoms with Crippen molar-refractivity contribution in [2.24, 2.45) is 0 Å². The van der Waals surface area contributed by atoms with Crippen molar-refractivity contribution in [1.29, 1.82) is 0 Å². The van der Waals surface area contributed by atoms with E-state index >= 15 is 0 Å². The molecule has 0 bridgehead atoms. The molecule has 0 fully saturated rings. The van der Waals surface area contributed by atoms with E-state index in [2.05, 4.69) is 17.6 Å². The highest BCUT2D eigenvalue weighted by Crippen LogP contribution is 2.12. The van der Waals surface area contributed by atoms with Crippen LogP contribution in [0.4, 0.5) is 11.4 Å². The molecule has 1 N–H and O–H groups in total. The Hall–Kier alpha value is -1.18. The molecule has 0 atom stereocenters. The fourth-order valence-electron chi connectivity index (χ4n) is 0.932. The van der Waals surface area contributed by atoms with Crippen LogP contribution in [0.15, 0.2) is 24.3 Å². The van der Waals surface area contributed by atoms with Crippen LogP contribution in [-0.2, 0) is 0 Å².